The first-order valence-corrected chi connectivity index (χ1v) is 5.91. The van der Waals surface area contributed by atoms with Gasteiger partial charge in [0.2, 0.25) is 0 Å². The van der Waals surface area contributed by atoms with Crippen molar-refractivity contribution >= 4 is 0 Å². The Morgan fingerprint density at radius 1 is 1.47 bits per heavy atom. The molecule has 3 nitrogen and oxygen atoms in total. The van der Waals surface area contributed by atoms with Crippen LogP contribution in [0.5, 0.6) is 5.75 Å². The third-order valence-corrected chi connectivity index (χ3v) is 2.97. The molecule has 2 N–H and O–H groups in total. The van der Waals surface area contributed by atoms with Crippen molar-refractivity contribution in [3.8, 4) is 5.75 Å². The Bertz CT molecular complexity index is 380. The topological polar surface area (TPSA) is 44.5 Å². The molecule has 1 aliphatic rings. The summed E-state index contributed by atoms with van der Waals surface area (Å²) in [4.78, 5) is 0. The van der Waals surface area contributed by atoms with E-state index in [0.29, 0.717) is 19.1 Å². The van der Waals surface area contributed by atoms with Gasteiger partial charge in [-0.3, -0.25) is 0 Å². The van der Waals surface area contributed by atoms with E-state index in [2.05, 4.69) is 0 Å². The summed E-state index contributed by atoms with van der Waals surface area (Å²) in [5.41, 5.74) is 6.31. The number of nitrogens with two attached hydrogens (primary N) is 1. The van der Waals surface area contributed by atoms with E-state index in [-0.39, 0.29) is 17.7 Å². The van der Waals surface area contributed by atoms with Gasteiger partial charge in [0, 0.05) is 6.54 Å². The Balaban J connectivity index is 2.14. The van der Waals surface area contributed by atoms with Crippen molar-refractivity contribution < 1.29 is 13.9 Å². The van der Waals surface area contributed by atoms with Crippen LogP contribution in [-0.2, 0) is 4.74 Å². The van der Waals surface area contributed by atoms with Crippen molar-refractivity contribution in [1.82, 2.24) is 0 Å². The molecule has 1 fully saturated rings. The van der Waals surface area contributed by atoms with Crippen LogP contribution < -0.4 is 10.5 Å². The minimum Gasteiger partial charge on any atom is -0.494 e. The predicted octanol–water partition coefficient (Wildman–Crippen LogP) is 2.26. The minimum atomic E-state index is -0.341. The molecule has 4 heteroatoms. The second-order valence-corrected chi connectivity index (χ2v) is 4.31. The van der Waals surface area contributed by atoms with Gasteiger partial charge in [0.25, 0.3) is 0 Å². The lowest BCUT2D eigenvalue weighted by Gasteiger charge is -2.18. The van der Waals surface area contributed by atoms with Crippen LogP contribution >= 0.6 is 0 Å². The summed E-state index contributed by atoms with van der Waals surface area (Å²) in [7, 11) is 1.46. The highest BCUT2D eigenvalue weighted by atomic mass is 19.1. The van der Waals surface area contributed by atoms with Crippen LogP contribution in [0.25, 0.3) is 0 Å². The predicted molar refractivity (Wildman–Crippen MR) is 63.4 cm³/mol. The van der Waals surface area contributed by atoms with Crippen LogP contribution in [0.4, 0.5) is 4.39 Å². The first-order valence-electron chi connectivity index (χ1n) is 5.91. The van der Waals surface area contributed by atoms with E-state index in [4.69, 9.17) is 15.2 Å². The monoisotopic (exact) mass is 239 g/mol. The third-order valence-electron chi connectivity index (χ3n) is 2.97. The van der Waals surface area contributed by atoms with Gasteiger partial charge in [-0.05, 0) is 36.5 Å². The van der Waals surface area contributed by atoms with Crippen molar-refractivity contribution in [1.29, 1.82) is 0 Å². The number of ether oxygens (including phenoxy) is 2. The molecule has 0 spiro atoms. The highest BCUT2D eigenvalue weighted by molar-refractivity contribution is 5.31. The molecule has 0 aromatic heterocycles. The van der Waals surface area contributed by atoms with Gasteiger partial charge in [0.15, 0.2) is 11.6 Å². The van der Waals surface area contributed by atoms with Gasteiger partial charge in [-0.2, -0.15) is 0 Å². The number of rotatable bonds is 6. The molecule has 2 rings (SSSR count). The quantitative estimate of drug-likeness (QED) is 0.828. The molecular weight excluding hydrogens is 221 g/mol. The van der Waals surface area contributed by atoms with Gasteiger partial charge >= 0.3 is 0 Å². The van der Waals surface area contributed by atoms with Gasteiger partial charge in [0.05, 0.1) is 19.8 Å². The first kappa shape index (κ1) is 12.3. The Kier molecular flexibility index (Phi) is 3.97. The van der Waals surface area contributed by atoms with Gasteiger partial charge in [-0.15, -0.1) is 0 Å². The summed E-state index contributed by atoms with van der Waals surface area (Å²) in [6.45, 7) is 0.997. The van der Waals surface area contributed by atoms with Crippen LogP contribution in [0.2, 0.25) is 0 Å². The minimum absolute atomic E-state index is 0.0287. The summed E-state index contributed by atoms with van der Waals surface area (Å²) in [5, 5.41) is 0. The number of halogens is 1. The molecule has 0 amide bonds. The number of hydrogen-bond acceptors (Lipinski definition) is 3. The highest BCUT2D eigenvalue weighted by Crippen LogP contribution is 2.43. The molecule has 1 atom stereocenters. The fourth-order valence-electron chi connectivity index (χ4n) is 1.96. The Morgan fingerprint density at radius 3 is 2.76 bits per heavy atom. The maximum absolute atomic E-state index is 13.6. The van der Waals surface area contributed by atoms with E-state index >= 15 is 0 Å². The van der Waals surface area contributed by atoms with Crippen molar-refractivity contribution in [2.24, 2.45) is 11.7 Å². The molecule has 1 aromatic rings. The van der Waals surface area contributed by atoms with E-state index in [1.54, 1.807) is 6.07 Å². The zero-order valence-corrected chi connectivity index (χ0v) is 9.99. The molecule has 1 aromatic carbocycles. The molecule has 0 saturated heterocycles. The Morgan fingerprint density at radius 2 is 2.24 bits per heavy atom. The van der Waals surface area contributed by atoms with Crippen molar-refractivity contribution in [3.05, 3.63) is 29.6 Å². The van der Waals surface area contributed by atoms with Gasteiger partial charge in [0.1, 0.15) is 0 Å². The Labute approximate surface area is 101 Å². The second-order valence-electron chi connectivity index (χ2n) is 4.31. The zero-order valence-electron chi connectivity index (χ0n) is 9.99. The smallest absolute Gasteiger partial charge is 0.165 e. The molecule has 0 radical (unpaired) electrons. The molecule has 1 saturated carbocycles. The molecule has 1 aliphatic carbocycles. The highest BCUT2D eigenvalue weighted by Gasteiger charge is 2.33. The van der Waals surface area contributed by atoms with Gasteiger partial charge < -0.3 is 15.2 Å². The average molecular weight is 239 g/mol. The first-order chi connectivity index (χ1) is 8.26. The molecule has 0 heterocycles. The molecular formula is C13H18FNO2. The molecule has 94 valence electrons. The molecule has 17 heavy (non-hydrogen) atoms. The lowest BCUT2D eigenvalue weighted by Crippen LogP contribution is -2.14. The van der Waals surface area contributed by atoms with E-state index in [1.807, 2.05) is 6.07 Å². The number of hydrogen-bond donors (Lipinski definition) is 1. The summed E-state index contributed by atoms with van der Waals surface area (Å²) in [5.74, 6) is 0.434. The summed E-state index contributed by atoms with van der Waals surface area (Å²) < 4.78 is 24.2. The SMILES string of the molecule is COc1ccc(C(OCCN)C2CC2)cc1F. The van der Waals surface area contributed by atoms with Crippen molar-refractivity contribution in [2.45, 2.75) is 18.9 Å². The number of benzene rings is 1. The summed E-state index contributed by atoms with van der Waals surface area (Å²) in [6, 6.07) is 5.01. The van der Waals surface area contributed by atoms with Crippen LogP contribution in [0.3, 0.4) is 0 Å². The lowest BCUT2D eigenvalue weighted by atomic mass is 10.0. The zero-order chi connectivity index (χ0) is 12.3. The van der Waals surface area contributed by atoms with Crippen LogP contribution in [0, 0.1) is 11.7 Å². The standard InChI is InChI=1S/C13H18FNO2/c1-16-12-5-4-10(8-11(12)14)13(9-2-3-9)17-7-6-15/h4-5,8-9,13H,2-3,6-7,15H2,1H3. The van der Waals surface area contributed by atoms with Gasteiger partial charge in [-0.1, -0.05) is 6.07 Å². The normalized spacial score (nSPS) is 16.9. The van der Waals surface area contributed by atoms with Crippen molar-refractivity contribution in [2.75, 3.05) is 20.3 Å². The third kappa shape index (κ3) is 2.96. The summed E-state index contributed by atoms with van der Waals surface area (Å²) in [6.07, 6.45) is 2.25. The molecule has 1 unspecified atom stereocenters. The van der Waals surface area contributed by atoms with E-state index in [1.165, 1.54) is 13.2 Å². The van der Waals surface area contributed by atoms with Crippen LogP contribution in [0.1, 0.15) is 24.5 Å². The summed E-state index contributed by atoms with van der Waals surface area (Å²) >= 11 is 0. The maximum atomic E-state index is 13.6. The average Bonchev–Trinajstić information content (AvgIpc) is 3.14. The van der Waals surface area contributed by atoms with Crippen LogP contribution in [-0.4, -0.2) is 20.3 Å². The van der Waals surface area contributed by atoms with Crippen LogP contribution in [0.15, 0.2) is 18.2 Å². The van der Waals surface area contributed by atoms with E-state index < -0.39 is 0 Å². The largest absolute Gasteiger partial charge is 0.494 e. The fraction of sp³-hybridized carbons (Fsp3) is 0.538. The fourth-order valence-corrected chi connectivity index (χ4v) is 1.96. The van der Waals surface area contributed by atoms with Crippen molar-refractivity contribution in [3.63, 3.8) is 0 Å². The second kappa shape index (κ2) is 5.47. The van der Waals surface area contributed by atoms with Gasteiger partial charge in [-0.25, -0.2) is 4.39 Å². The number of methoxy groups -OCH3 is 1. The lowest BCUT2D eigenvalue weighted by molar-refractivity contribution is 0.0422. The van der Waals surface area contributed by atoms with E-state index in [0.717, 1.165) is 18.4 Å². The molecule has 0 bridgehead atoms. The molecule has 0 aliphatic heterocycles. The maximum Gasteiger partial charge on any atom is 0.165 e. The Hall–Kier alpha value is -1.13. The van der Waals surface area contributed by atoms with E-state index in [9.17, 15) is 4.39 Å².